The minimum Gasteiger partial charge on any atom is -0.409 e. The second-order valence-electron chi connectivity index (χ2n) is 5.04. The standard InChI is InChI=1S/C13H25N3O2S/c1-3-13(4-2,11(14)16-18)12(17)15-9-10-5-7-19-8-6-10/h10,18H,3-9H2,1-2H3,(H2,14,16)(H,15,17). The van der Waals surface area contributed by atoms with Gasteiger partial charge in [0.05, 0.1) is 0 Å². The summed E-state index contributed by atoms with van der Waals surface area (Å²) in [6.45, 7) is 4.47. The number of hydrogen-bond acceptors (Lipinski definition) is 4. The van der Waals surface area contributed by atoms with Crippen LogP contribution in [0, 0.1) is 11.3 Å². The van der Waals surface area contributed by atoms with Gasteiger partial charge in [-0.3, -0.25) is 4.79 Å². The average molecular weight is 287 g/mol. The summed E-state index contributed by atoms with van der Waals surface area (Å²) in [7, 11) is 0. The van der Waals surface area contributed by atoms with E-state index in [1.54, 1.807) is 0 Å². The molecule has 6 heteroatoms. The van der Waals surface area contributed by atoms with Crippen LogP contribution < -0.4 is 11.1 Å². The summed E-state index contributed by atoms with van der Waals surface area (Å²) in [5.41, 5.74) is 4.84. The third-order valence-electron chi connectivity index (χ3n) is 4.13. The topological polar surface area (TPSA) is 87.7 Å². The maximum absolute atomic E-state index is 12.4. The van der Waals surface area contributed by atoms with Gasteiger partial charge in [-0.1, -0.05) is 19.0 Å². The minimum atomic E-state index is -0.877. The minimum absolute atomic E-state index is 0.00852. The molecule has 0 atom stereocenters. The molecule has 5 nitrogen and oxygen atoms in total. The van der Waals surface area contributed by atoms with Crippen molar-refractivity contribution in [1.82, 2.24) is 5.32 Å². The van der Waals surface area contributed by atoms with Crippen molar-refractivity contribution in [3.8, 4) is 0 Å². The molecule has 1 saturated heterocycles. The van der Waals surface area contributed by atoms with E-state index in [0.717, 1.165) is 12.8 Å². The Morgan fingerprint density at radius 3 is 2.47 bits per heavy atom. The van der Waals surface area contributed by atoms with Crippen LogP contribution in [0.2, 0.25) is 0 Å². The van der Waals surface area contributed by atoms with E-state index < -0.39 is 5.41 Å². The summed E-state index contributed by atoms with van der Waals surface area (Å²) in [6, 6.07) is 0. The van der Waals surface area contributed by atoms with E-state index in [1.807, 2.05) is 25.6 Å². The molecule has 0 aromatic rings. The van der Waals surface area contributed by atoms with Gasteiger partial charge in [0.1, 0.15) is 5.41 Å². The molecule has 0 radical (unpaired) electrons. The van der Waals surface area contributed by atoms with Gasteiger partial charge in [-0.15, -0.1) is 0 Å². The highest BCUT2D eigenvalue weighted by atomic mass is 32.2. The first-order valence-corrected chi connectivity index (χ1v) is 8.10. The molecule has 0 aromatic heterocycles. The van der Waals surface area contributed by atoms with Crippen LogP contribution in [-0.2, 0) is 4.79 Å². The molecule has 1 rings (SSSR count). The highest BCUT2D eigenvalue weighted by molar-refractivity contribution is 7.99. The van der Waals surface area contributed by atoms with Gasteiger partial charge in [0.2, 0.25) is 5.91 Å². The van der Waals surface area contributed by atoms with Crippen molar-refractivity contribution in [3.05, 3.63) is 0 Å². The number of nitrogens with one attached hydrogen (secondary N) is 1. The van der Waals surface area contributed by atoms with E-state index in [4.69, 9.17) is 10.9 Å². The zero-order valence-electron chi connectivity index (χ0n) is 11.8. The van der Waals surface area contributed by atoms with Crippen molar-refractivity contribution in [2.24, 2.45) is 22.2 Å². The molecule has 1 aliphatic heterocycles. The van der Waals surface area contributed by atoms with Crippen LogP contribution in [0.25, 0.3) is 0 Å². The van der Waals surface area contributed by atoms with E-state index >= 15 is 0 Å². The highest BCUT2D eigenvalue weighted by Gasteiger charge is 2.39. The smallest absolute Gasteiger partial charge is 0.233 e. The van der Waals surface area contributed by atoms with Gasteiger partial charge in [0.15, 0.2) is 5.84 Å². The van der Waals surface area contributed by atoms with Crippen LogP contribution in [-0.4, -0.2) is 35.0 Å². The number of hydrogen-bond donors (Lipinski definition) is 3. The monoisotopic (exact) mass is 287 g/mol. The Bertz CT molecular complexity index is 324. The Morgan fingerprint density at radius 2 is 2.00 bits per heavy atom. The van der Waals surface area contributed by atoms with E-state index in [-0.39, 0.29) is 11.7 Å². The largest absolute Gasteiger partial charge is 0.409 e. The van der Waals surface area contributed by atoms with Gasteiger partial charge in [0.25, 0.3) is 0 Å². The van der Waals surface area contributed by atoms with Gasteiger partial charge in [-0.2, -0.15) is 11.8 Å². The molecule has 0 bridgehead atoms. The number of amidine groups is 1. The Labute approximate surface area is 119 Å². The molecule has 1 fully saturated rings. The van der Waals surface area contributed by atoms with Crippen LogP contribution in [0.1, 0.15) is 39.5 Å². The lowest BCUT2D eigenvalue weighted by Crippen LogP contribution is -2.50. The number of oxime groups is 1. The van der Waals surface area contributed by atoms with Crippen LogP contribution in [0.15, 0.2) is 5.16 Å². The summed E-state index contributed by atoms with van der Waals surface area (Å²) >= 11 is 1.97. The number of rotatable bonds is 6. The number of thioether (sulfide) groups is 1. The fourth-order valence-electron chi connectivity index (χ4n) is 2.50. The Hall–Kier alpha value is -0.910. The van der Waals surface area contributed by atoms with Gasteiger partial charge in [0, 0.05) is 6.54 Å². The molecule has 1 heterocycles. The average Bonchev–Trinajstić information content (AvgIpc) is 2.47. The molecule has 1 aliphatic rings. The molecule has 110 valence electrons. The lowest BCUT2D eigenvalue weighted by atomic mass is 9.80. The lowest BCUT2D eigenvalue weighted by molar-refractivity contribution is -0.128. The molecule has 0 spiro atoms. The number of nitrogens with zero attached hydrogens (tertiary/aromatic N) is 1. The van der Waals surface area contributed by atoms with Crippen molar-refractivity contribution in [2.45, 2.75) is 39.5 Å². The van der Waals surface area contributed by atoms with Crippen molar-refractivity contribution in [1.29, 1.82) is 0 Å². The van der Waals surface area contributed by atoms with E-state index in [9.17, 15) is 4.79 Å². The zero-order valence-corrected chi connectivity index (χ0v) is 12.6. The fourth-order valence-corrected chi connectivity index (χ4v) is 3.71. The van der Waals surface area contributed by atoms with Crippen LogP contribution in [0.5, 0.6) is 0 Å². The molecule has 0 aromatic carbocycles. The van der Waals surface area contributed by atoms with Gasteiger partial charge < -0.3 is 16.3 Å². The van der Waals surface area contributed by atoms with E-state index in [2.05, 4.69) is 10.5 Å². The van der Waals surface area contributed by atoms with Crippen molar-refractivity contribution >= 4 is 23.5 Å². The Morgan fingerprint density at radius 1 is 1.42 bits per heavy atom. The molecular formula is C13H25N3O2S. The molecule has 4 N–H and O–H groups in total. The first-order valence-electron chi connectivity index (χ1n) is 6.94. The molecule has 0 saturated carbocycles. The summed E-state index contributed by atoms with van der Waals surface area (Å²) < 4.78 is 0. The maximum Gasteiger partial charge on any atom is 0.233 e. The van der Waals surface area contributed by atoms with Gasteiger partial charge in [-0.05, 0) is 43.1 Å². The predicted molar refractivity (Wildman–Crippen MR) is 79.5 cm³/mol. The van der Waals surface area contributed by atoms with Crippen LogP contribution in [0.3, 0.4) is 0 Å². The number of carbonyl (C=O) groups excluding carboxylic acids is 1. The second-order valence-corrected chi connectivity index (χ2v) is 6.26. The number of nitrogens with two attached hydrogens (primary N) is 1. The summed E-state index contributed by atoms with van der Waals surface area (Å²) in [4.78, 5) is 12.4. The second kappa shape index (κ2) is 7.62. The van der Waals surface area contributed by atoms with Gasteiger partial charge >= 0.3 is 0 Å². The van der Waals surface area contributed by atoms with Crippen molar-refractivity contribution in [2.75, 3.05) is 18.1 Å². The van der Waals surface area contributed by atoms with Crippen LogP contribution >= 0.6 is 11.8 Å². The Kier molecular flexibility index (Phi) is 6.48. The van der Waals surface area contributed by atoms with Crippen molar-refractivity contribution in [3.63, 3.8) is 0 Å². The number of carbonyl (C=O) groups is 1. The van der Waals surface area contributed by atoms with E-state index in [0.29, 0.717) is 25.3 Å². The van der Waals surface area contributed by atoms with Crippen LogP contribution in [0.4, 0.5) is 0 Å². The first-order chi connectivity index (χ1) is 9.10. The molecule has 0 aliphatic carbocycles. The van der Waals surface area contributed by atoms with Gasteiger partial charge in [-0.25, -0.2) is 0 Å². The molecule has 19 heavy (non-hydrogen) atoms. The molecular weight excluding hydrogens is 262 g/mol. The predicted octanol–water partition coefficient (Wildman–Crippen LogP) is 1.80. The summed E-state index contributed by atoms with van der Waals surface area (Å²) in [6.07, 6.45) is 3.37. The third-order valence-corrected chi connectivity index (χ3v) is 5.18. The third kappa shape index (κ3) is 3.78. The SMILES string of the molecule is CCC(CC)(C(=O)NCC1CCSCC1)C(N)=NO. The fraction of sp³-hybridized carbons (Fsp3) is 0.846. The zero-order chi connectivity index (χ0) is 14.3. The lowest BCUT2D eigenvalue weighted by Gasteiger charge is -2.30. The quantitative estimate of drug-likeness (QED) is 0.301. The number of amides is 1. The molecule has 1 amide bonds. The highest BCUT2D eigenvalue weighted by Crippen LogP contribution is 2.28. The first kappa shape index (κ1) is 16.1. The maximum atomic E-state index is 12.4. The Balaban J connectivity index is 2.62. The summed E-state index contributed by atoms with van der Waals surface area (Å²) in [5, 5.41) is 14.9. The van der Waals surface area contributed by atoms with Crippen molar-refractivity contribution < 1.29 is 10.0 Å². The van der Waals surface area contributed by atoms with E-state index in [1.165, 1.54) is 11.5 Å². The molecule has 0 unspecified atom stereocenters. The normalized spacial score (nSPS) is 18.3. The summed E-state index contributed by atoms with van der Waals surface area (Å²) in [5.74, 6) is 2.80.